The number of aliphatic hydroxyl groups is 1. The van der Waals surface area contributed by atoms with Crippen molar-refractivity contribution in [3.63, 3.8) is 0 Å². The highest BCUT2D eigenvalue weighted by Gasteiger charge is 2.47. The molecule has 3 aromatic carbocycles. The fourth-order valence-corrected chi connectivity index (χ4v) is 4.42. The molecule has 3 aromatic rings. The molecule has 1 N–H and O–H groups in total. The maximum atomic E-state index is 13.4. The predicted molar refractivity (Wildman–Crippen MR) is 144 cm³/mol. The lowest BCUT2D eigenvalue weighted by Gasteiger charge is -2.27. The third-order valence-electron chi connectivity index (χ3n) is 6.52. The van der Waals surface area contributed by atoms with Crippen molar-refractivity contribution in [2.24, 2.45) is 0 Å². The van der Waals surface area contributed by atoms with E-state index in [0.29, 0.717) is 17.0 Å². The van der Waals surface area contributed by atoms with E-state index in [2.05, 4.69) is 20.8 Å². The molecule has 6 nitrogen and oxygen atoms in total. The molecule has 1 saturated heterocycles. The Bertz CT molecular complexity index is 1320. The zero-order valence-corrected chi connectivity index (χ0v) is 21.6. The van der Waals surface area contributed by atoms with Gasteiger partial charge >= 0.3 is 0 Å². The topological polar surface area (TPSA) is 70.1 Å². The molecule has 1 aliphatic rings. The predicted octanol–water partition coefficient (Wildman–Crippen LogP) is 5.69. The van der Waals surface area contributed by atoms with Gasteiger partial charge < -0.3 is 14.7 Å². The minimum Gasteiger partial charge on any atom is -0.507 e. The summed E-state index contributed by atoms with van der Waals surface area (Å²) in [6, 6.07) is 21.4. The van der Waals surface area contributed by atoms with Gasteiger partial charge in [0.25, 0.3) is 11.7 Å². The third-order valence-corrected chi connectivity index (χ3v) is 6.52. The molecule has 186 valence electrons. The molecule has 0 aliphatic carbocycles. The number of amides is 1. The molecular formula is C30H32N2O4. The molecule has 1 atom stereocenters. The number of rotatable bonds is 5. The Hall–Kier alpha value is -4.06. The van der Waals surface area contributed by atoms with Crippen LogP contribution in [0.2, 0.25) is 0 Å². The Morgan fingerprint density at radius 3 is 2.14 bits per heavy atom. The second-order valence-corrected chi connectivity index (χ2v) is 10.2. The molecule has 1 unspecified atom stereocenters. The van der Waals surface area contributed by atoms with E-state index in [-0.39, 0.29) is 16.7 Å². The van der Waals surface area contributed by atoms with Gasteiger partial charge in [0.1, 0.15) is 11.5 Å². The normalized spacial score (nSPS) is 17.4. The molecule has 0 aromatic heterocycles. The van der Waals surface area contributed by atoms with E-state index in [4.69, 9.17) is 4.74 Å². The summed E-state index contributed by atoms with van der Waals surface area (Å²) in [5.41, 5.74) is 3.82. The van der Waals surface area contributed by atoms with Crippen molar-refractivity contribution < 1.29 is 19.4 Å². The largest absolute Gasteiger partial charge is 0.507 e. The highest BCUT2D eigenvalue weighted by Crippen LogP contribution is 2.43. The van der Waals surface area contributed by atoms with Crippen LogP contribution in [-0.2, 0) is 15.0 Å². The standard InChI is InChI=1S/C30H32N2O4/c1-30(2,3)21-12-16-23(17-13-21)32-26(19-10-14-22(15-11-19)31(4)5)25(28(34)29(32)35)27(33)20-8-7-9-24(18-20)36-6/h7-18,26,33H,1-6H3/b27-25+. The second-order valence-electron chi connectivity index (χ2n) is 10.2. The lowest BCUT2D eigenvalue weighted by atomic mass is 9.87. The summed E-state index contributed by atoms with van der Waals surface area (Å²) >= 11 is 0. The number of benzene rings is 3. The van der Waals surface area contributed by atoms with Crippen LogP contribution in [0.4, 0.5) is 11.4 Å². The van der Waals surface area contributed by atoms with Gasteiger partial charge in [-0.05, 0) is 52.9 Å². The van der Waals surface area contributed by atoms with Gasteiger partial charge in [-0.15, -0.1) is 0 Å². The number of carbonyl (C=O) groups is 2. The molecule has 0 saturated carbocycles. The quantitative estimate of drug-likeness (QED) is 0.286. The minimum atomic E-state index is -0.784. The number of hydrogen-bond acceptors (Lipinski definition) is 5. The molecule has 6 heteroatoms. The summed E-state index contributed by atoms with van der Waals surface area (Å²) in [6.07, 6.45) is 0. The van der Waals surface area contributed by atoms with Gasteiger partial charge in [0.05, 0.1) is 18.7 Å². The first kappa shape index (κ1) is 25.0. The smallest absolute Gasteiger partial charge is 0.300 e. The van der Waals surface area contributed by atoms with Gasteiger partial charge in [-0.25, -0.2) is 0 Å². The van der Waals surface area contributed by atoms with Crippen LogP contribution < -0.4 is 14.5 Å². The molecule has 0 spiro atoms. The van der Waals surface area contributed by atoms with Gasteiger partial charge in [0.2, 0.25) is 0 Å². The second kappa shape index (κ2) is 9.53. The van der Waals surface area contributed by atoms with Crippen LogP contribution in [0.1, 0.15) is 43.5 Å². The average Bonchev–Trinajstić information content (AvgIpc) is 3.13. The van der Waals surface area contributed by atoms with Crippen LogP contribution in [0.3, 0.4) is 0 Å². The highest BCUT2D eigenvalue weighted by molar-refractivity contribution is 6.51. The maximum absolute atomic E-state index is 13.4. The first-order valence-electron chi connectivity index (χ1n) is 11.9. The summed E-state index contributed by atoms with van der Waals surface area (Å²) in [4.78, 5) is 30.3. The van der Waals surface area contributed by atoms with Gasteiger partial charge in [-0.2, -0.15) is 0 Å². The van der Waals surface area contributed by atoms with Crippen molar-refractivity contribution in [3.05, 3.63) is 95.1 Å². The van der Waals surface area contributed by atoms with E-state index < -0.39 is 17.7 Å². The van der Waals surface area contributed by atoms with Crippen LogP contribution in [0.15, 0.2) is 78.4 Å². The molecule has 1 fully saturated rings. The van der Waals surface area contributed by atoms with E-state index in [1.54, 1.807) is 24.3 Å². The van der Waals surface area contributed by atoms with Crippen LogP contribution in [0.5, 0.6) is 5.75 Å². The van der Waals surface area contributed by atoms with E-state index in [9.17, 15) is 14.7 Å². The molecule has 1 aliphatic heterocycles. The van der Waals surface area contributed by atoms with Crippen LogP contribution >= 0.6 is 0 Å². The van der Waals surface area contributed by atoms with Crippen molar-refractivity contribution in [2.75, 3.05) is 31.0 Å². The van der Waals surface area contributed by atoms with Crippen molar-refractivity contribution in [1.82, 2.24) is 0 Å². The number of carbonyl (C=O) groups excluding carboxylic acids is 2. The summed E-state index contributed by atoms with van der Waals surface area (Å²) in [5.74, 6) is -1.10. The monoisotopic (exact) mass is 484 g/mol. The SMILES string of the molecule is COc1cccc(/C(O)=C2\C(=O)C(=O)N(c3ccc(C(C)(C)C)cc3)C2c2ccc(N(C)C)cc2)c1. The highest BCUT2D eigenvalue weighted by atomic mass is 16.5. The summed E-state index contributed by atoms with van der Waals surface area (Å²) in [7, 11) is 5.42. The van der Waals surface area contributed by atoms with E-state index in [0.717, 1.165) is 16.8 Å². The number of ether oxygens (including phenoxy) is 1. The van der Waals surface area contributed by atoms with Gasteiger partial charge in [0.15, 0.2) is 0 Å². The van der Waals surface area contributed by atoms with E-state index in [1.165, 1.54) is 12.0 Å². The molecular weight excluding hydrogens is 452 g/mol. The summed E-state index contributed by atoms with van der Waals surface area (Å²) < 4.78 is 5.29. The number of Topliss-reactive ketones (excluding diaryl/α,β-unsaturated/α-hetero) is 1. The minimum absolute atomic E-state index is 0.0470. The Morgan fingerprint density at radius 2 is 1.58 bits per heavy atom. The lowest BCUT2D eigenvalue weighted by molar-refractivity contribution is -0.132. The maximum Gasteiger partial charge on any atom is 0.300 e. The zero-order valence-electron chi connectivity index (χ0n) is 21.6. The fraction of sp³-hybridized carbons (Fsp3) is 0.267. The van der Waals surface area contributed by atoms with Crippen molar-refractivity contribution in [1.29, 1.82) is 0 Å². The number of ketones is 1. The Balaban J connectivity index is 1.90. The van der Waals surface area contributed by atoms with Gasteiger partial charge in [0, 0.05) is 31.0 Å². The lowest BCUT2D eigenvalue weighted by Crippen LogP contribution is -2.29. The number of hydrogen-bond donors (Lipinski definition) is 1. The fourth-order valence-electron chi connectivity index (χ4n) is 4.42. The van der Waals surface area contributed by atoms with Crippen molar-refractivity contribution in [3.8, 4) is 5.75 Å². The first-order chi connectivity index (χ1) is 17.0. The number of nitrogens with zero attached hydrogens (tertiary/aromatic N) is 2. The van der Waals surface area contributed by atoms with Crippen molar-refractivity contribution in [2.45, 2.75) is 32.2 Å². The molecule has 36 heavy (non-hydrogen) atoms. The van der Waals surface area contributed by atoms with Crippen LogP contribution in [-0.4, -0.2) is 38.0 Å². The molecule has 1 heterocycles. The van der Waals surface area contributed by atoms with Gasteiger partial charge in [-0.1, -0.05) is 57.2 Å². The molecule has 1 amide bonds. The van der Waals surface area contributed by atoms with Crippen LogP contribution in [0.25, 0.3) is 5.76 Å². The van der Waals surface area contributed by atoms with Crippen LogP contribution in [0, 0.1) is 0 Å². The Labute approximate surface area is 212 Å². The Morgan fingerprint density at radius 1 is 0.944 bits per heavy atom. The summed E-state index contributed by atoms with van der Waals surface area (Å²) in [5, 5.41) is 11.3. The number of methoxy groups -OCH3 is 1. The molecule has 0 bridgehead atoms. The summed E-state index contributed by atoms with van der Waals surface area (Å²) in [6.45, 7) is 6.36. The van der Waals surface area contributed by atoms with Gasteiger partial charge in [-0.3, -0.25) is 14.5 Å². The third kappa shape index (κ3) is 4.59. The molecule has 0 radical (unpaired) electrons. The number of aliphatic hydroxyl groups excluding tert-OH is 1. The average molecular weight is 485 g/mol. The molecule has 4 rings (SSSR count). The van der Waals surface area contributed by atoms with Crippen molar-refractivity contribution >= 4 is 28.8 Å². The zero-order chi connectivity index (χ0) is 26.2. The van der Waals surface area contributed by atoms with E-state index in [1.807, 2.05) is 67.5 Å². The Kier molecular flexibility index (Phi) is 6.63. The van der Waals surface area contributed by atoms with E-state index >= 15 is 0 Å². The first-order valence-corrected chi connectivity index (χ1v) is 11.9. The number of anilines is 2.